The number of ether oxygens (including phenoxy) is 3. The van der Waals surface area contributed by atoms with Gasteiger partial charge in [0.25, 0.3) is 15.9 Å². The summed E-state index contributed by atoms with van der Waals surface area (Å²) < 4.78 is 53.7. The number of hydrogen-bond donors (Lipinski definition) is 2. The lowest BCUT2D eigenvalue weighted by atomic mass is 10.3. The zero-order valence-corrected chi connectivity index (χ0v) is 16.2. The number of nitrogens with one attached hydrogen (secondary N) is 2. The molecule has 0 heterocycles. The number of hydrazine groups is 1. The molecule has 0 radical (unpaired) electrons. The van der Waals surface area contributed by atoms with Crippen LogP contribution in [0.15, 0.2) is 47.4 Å². The third kappa shape index (κ3) is 6.10. The van der Waals surface area contributed by atoms with Crippen LogP contribution in [0.2, 0.25) is 0 Å². The summed E-state index contributed by atoms with van der Waals surface area (Å²) in [5.74, 6) is -0.447. The zero-order valence-electron chi connectivity index (χ0n) is 15.4. The minimum Gasteiger partial charge on any atom is -0.490 e. The molecule has 0 saturated heterocycles. The molecule has 2 rings (SSSR count). The monoisotopic (exact) mass is 412 g/mol. The number of carbonyl (C=O) groups is 1. The highest BCUT2D eigenvalue weighted by Gasteiger charge is 2.18. The summed E-state index contributed by atoms with van der Waals surface area (Å²) in [6.45, 7) is 3.77. The van der Waals surface area contributed by atoms with E-state index in [1.54, 1.807) is 13.8 Å². The molecule has 10 heteroatoms. The van der Waals surface area contributed by atoms with Gasteiger partial charge in [0.15, 0.2) is 18.1 Å². The van der Waals surface area contributed by atoms with Crippen LogP contribution in [0.25, 0.3) is 0 Å². The Balaban J connectivity index is 1.98. The van der Waals surface area contributed by atoms with Crippen LogP contribution in [0.4, 0.5) is 4.39 Å². The molecule has 152 valence electrons. The molecule has 0 aromatic heterocycles. The Hall–Kier alpha value is -2.85. The fraction of sp³-hybridized carbons (Fsp3) is 0.278. The molecule has 0 fully saturated rings. The lowest BCUT2D eigenvalue weighted by molar-refractivity contribution is -0.123. The first-order valence-corrected chi connectivity index (χ1v) is 9.92. The van der Waals surface area contributed by atoms with Crippen LogP contribution in [0, 0.1) is 5.82 Å². The van der Waals surface area contributed by atoms with Gasteiger partial charge in [0.2, 0.25) is 0 Å². The van der Waals surface area contributed by atoms with Crippen molar-refractivity contribution in [2.24, 2.45) is 0 Å². The highest BCUT2D eigenvalue weighted by molar-refractivity contribution is 7.89. The molecule has 0 spiro atoms. The van der Waals surface area contributed by atoms with E-state index in [2.05, 4.69) is 0 Å². The van der Waals surface area contributed by atoms with Crippen LogP contribution in [-0.4, -0.2) is 34.1 Å². The Morgan fingerprint density at radius 2 is 1.71 bits per heavy atom. The van der Waals surface area contributed by atoms with E-state index in [1.807, 2.05) is 10.3 Å². The number of hydrogen-bond acceptors (Lipinski definition) is 6. The first kappa shape index (κ1) is 21.5. The van der Waals surface area contributed by atoms with Crippen molar-refractivity contribution in [3.05, 3.63) is 48.3 Å². The second kappa shape index (κ2) is 9.90. The van der Waals surface area contributed by atoms with Gasteiger partial charge in [0.05, 0.1) is 18.1 Å². The third-order valence-corrected chi connectivity index (χ3v) is 4.56. The molecule has 8 nitrogen and oxygen atoms in total. The first-order valence-electron chi connectivity index (χ1n) is 8.44. The number of benzene rings is 2. The number of halogens is 1. The van der Waals surface area contributed by atoms with Crippen molar-refractivity contribution in [2.75, 3.05) is 19.8 Å². The third-order valence-electron chi connectivity index (χ3n) is 3.32. The molecule has 0 atom stereocenters. The number of rotatable bonds is 10. The quantitative estimate of drug-likeness (QED) is 0.579. The van der Waals surface area contributed by atoms with Crippen molar-refractivity contribution in [2.45, 2.75) is 18.7 Å². The maximum Gasteiger partial charge on any atom is 0.272 e. The Morgan fingerprint density at radius 1 is 1.00 bits per heavy atom. The van der Waals surface area contributed by atoms with Gasteiger partial charge in [-0.15, -0.1) is 4.83 Å². The molecule has 0 aliphatic heterocycles. The van der Waals surface area contributed by atoms with Crippen LogP contribution in [0.3, 0.4) is 0 Å². The van der Waals surface area contributed by atoms with Gasteiger partial charge in [-0.1, -0.05) is 6.07 Å². The topological polar surface area (TPSA) is 103 Å². The van der Waals surface area contributed by atoms with Crippen molar-refractivity contribution < 1.29 is 31.8 Å². The fourth-order valence-corrected chi connectivity index (χ4v) is 3.00. The van der Waals surface area contributed by atoms with Gasteiger partial charge in [-0.25, -0.2) is 12.8 Å². The van der Waals surface area contributed by atoms with Gasteiger partial charge in [-0.3, -0.25) is 10.2 Å². The van der Waals surface area contributed by atoms with Crippen molar-refractivity contribution in [1.82, 2.24) is 10.3 Å². The molecule has 28 heavy (non-hydrogen) atoms. The average molecular weight is 412 g/mol. The van der Waals surface area contributed by atoms with Crippen LogP contribution in [-0.2, 0) is 14.8 Å². The highest BCUT2D eigenvalue weighted by Crippen LogP contribution is 2.30. The molecule has 2 aromatic rings. The molecular weight excluding hydrogens is 391 g/mol. The smallest absolute Gasteiger partial charge is 0.272 e. The highest BCUT2D eigenvalue weighted by atomic mass is 32.2. The van der Waals surface area contributed by atoms with E-state index in [-0.39, 0.29) is 16.4 Å². The van der Waals surface area contributed by atoms with Gasteiger partial charge in [-0.2, -0.15) is 0 Å². The summed E-state index contributed by atoms with van der Waals surface area (Å²) in [5, 5.41) is 0. The van der Waals surface area contributed by atoms with Gasteiger partial charge in [0.1, 0.15) is 11.6 Å². The van der Waals surface area contributed by atoms with E-state index in [0.29, 0.717) is 19.0 Å². The molecule has 0 unspecified atom stereocenters. The Bertz CT molecular complexity index is 920. The number of sulfonamides is 1. The Morgan fingerprint density at radius 3 is 2.39 bits per heavy atom. The number of amides is 1. The predicted molar refractivity (Wildman–Crippen MR) is 99.1 cm³/mol. The Kier molecular flexibility index (Phi) is 7.59. The van der Waals surface area contributed by atoms with Gasteiger partial charge in [0, 0.05) is 12.1 Å². The van der Waals surface area contributed by atoms with E-state index in [1.165, 1.54) is 36.4 Å². The summed E-state index contributed by atoms with van der Waals surface area (Å²) in [4.78, 5) is 13.6. The second-order valence-corrected chi connectivity index (χ2v) is 7.06. The summed E-state index contributed by atoms with van der Waals surface area (Å²) >= 11 is 0. The van der Waals surface area contributed by atoms with Crippen LogP contribution in [0.1, 0.15) is 13.8 Å². The molecule has 2 aromatic carbocycles. The fourth-order valence-electron chi connectivity index (χ4n) is 2.12. The van der Waals surface area contributed by atoms with Gasteiger partial charge >= 0.3 is 0 Å². The summed E-state index contributed by atoms with van der Waals surface area (Å²) in [6.07, 6.45) is 0. The minimum atomic E-state index is -4.05. The molecule has 0 aliphatic rings. The summed E-state index contributed by atoms with van der Waals surface area (Å²) in [6, 6.07) is 9.32. The normalized spacial score (nSPS) is 11.0. The van der Waals surface area contributed by atoms with Gasteiger partial charge in [-0.05, 0) is 38.1 Å². The maximum absolute atomic E-state index is 13.1. The summed E-state index contributed by atoms with van der Waals surface area (Å²) in [5.41, 5.74) is 2.03. The van der Waals surface area contributed by atoms with Gasteiger partial charge < -0.3 is 14.2 Å². The van der Waals surface area contributed by atoms with Crippen LogP contribution >= 0.6 is 0 Å². The molecule has 2 N–H and O–H groups in total. The minimum absolute atomic E-state index is 0.120. The summed E-state index contributed by atoms with van der Waals surface area (Å²) in [7, 11) is -4.05. The largest absolute Gasteiger partial charge is 0.490 e. The van der Waals surface area contributed by atoms with E-state index in [0.717, 1.165) is 6.07 Å². The molecule has 1 amide bonds. The van der Waals surface area contributed by atoms with Crippen molar-refractivity contribution in [3.63, 3.8) is 0 Å². The van der Waals surface area contributed by atoms with E-state index in [9.17, 15) is 17.6 Å². The zero-order chi connectivity index (χ0) is 20.6. The average Bonchev–Trinajstić information content (AvgIpc) is 2.66. The maximum atomic E-state index is 13.1. The van der Waals surface area contributed by atoms with Crippen molar-refractivity contribution in [1.29, 1.82) is 0 Å². The van der Waals surface area contributed by atoms with Crippen molar-refractivity contribution >= 4 is 15.9 Å². The lowest BCUT2D eigenvalue weighted by Crippen LogP contribution is -2.43. The standard InChI is InChI=1S/C18H21FN2O6S/c1-3-25-16-9-8-15(11-17(16)26-4-2)28(23,24)21-20-18(22)12-27-14-7-5-6-13(19)10-14/h5-11,21H,3-4,12H2,1-2H3,(H,20,22). The predicted octanol–water partition coefficient (Wildman–Crippen LogP) is 2.01. The van der Waals surface area contributed by atoms with E-state index >= 15 is 0 Å². The SMILES string of the molecule is CCOc1ccc(S(=O)(=O)NNC(=O)COc2cccc(F)c2)cc1OCC. The number of carbonyl (C=O) groups excluding carboxylic acids is 1. The molecule has 0 bridgehead atoms. The Labute approximate surface area is 162 Å². The first-order chi connectivity index (χ1) is 13.4. The van der Waals surface area contributed by atoms with Crippen LogP contribution < -0.4 is 24.5 Å². The molecule has 0 aliphatic carbocycles. The molecular formula is C18H21FN2O6S. The molecule has 0 saturated carbocycles. The van der Waals surface area contributed by atoms with Crippen LogP contribution in [0.5, 0.6) is 17.2 Å². The van der Waals surface area contributed by atoms with E-state index < -0.39 is 28.4 Å². The second-order valence-electron chi connectivity index (χ2n) is 5.37. The lowest BCUT2D eigenvalue weighted by Gasteiger charge is -2.13. The van der Waals surface area contributed by atoms with Crippen molar-refractivity contribution in [3.8, 4) is 17.2 Å². The van der Waals surface area contributed by atoms with E-state index in [4.69, 9.17) is 14.2 Å².